The van der Waals surface area contributed by atoms with Crippen LogP contribution in [0, 0.1) is 6.92 Å². The van der Waals surface area contributed by atoms with E-state index in [4.69, 9.17) is 4.42 Å². The highest BCUT2D eigenvalue weighted by Crippen LogP contribution is 2.38. The zero-order chi connectivity index (χ0) is 15.6. The van der Waals surface area contributed by atoms with Gasteiger partial charge in [0.2, 0.25) is 0 Å². The second-order valence-electron chi connectivity index (χ2n) is 4.67. The first-order chi connectivity index (χ1) is 9.82. The van der Waals surface area contributed by atoms with E-state index in [-0.39, 0.29) is 5.56 Å². The van der Waals surface area contributed by atoms with Crippen molar-refractivity contribution in [2.45, 2.75) is 26.1 Å². The molecule has 0 spiro atoms. The molecule has 0 aliphatic heterocycles. The van der Waals surface area contributed by atoms with Gasteiger partial charge in [-0.1, -0.05) is 28.9 Å². The van der Waals surface area contributed by atoms with E-state index in [9.17, 15) is 13.2 Å². The van der Waals surface area contributed by atoms with Crippen molar-refractivity contribution in [1.29, 1.82) is 0 Å². The van der Waals surface area contributed by atoms with Crippen LogP contribution in [0.15, 0.2) is 39.2 Å². The number of aryl methyl sites for hydroxylation is 1. The Morgan fingerprint density at radius 2 is 1.95 bits per heavy atom. The molecule has 1 N–H and O–H groups in total. The minimum Gasteiger partial charge on any atom is -0.464 e. The van der Waals surface area contributed by atoms with Gasteiger partial charge in [-0.25, -0.2) is 0 Å². The molecule has 1 unspecified atom stereocenters. The van der Waals surface area contributed by atoms with Gasteiger partial charge in [0.1, 0.15) is 11.5 Å². The second-order valence-corrected chi connectivity index (χ2v) is 5.58. The molecule has 0 saturated heterocycles. The summed E-state index contributed by atoms with van der Waals surface area (Å²) in [5.74, 6) is 1.14. The fraction of sp³-hybridized carbons (Fsp3) is 0.333. The van der Waals surface area contributed by atoms with Gasteiger partial charge in [0.05, 0.1) is 11.6 Å². The van der Waals surface area contributed by atoms with Gasteiger partial charge in [0.25, 0.3) is 0 Å². The summed E-state index contributed by atoms with van der Waals surface area (Å²) in [4.78, 5) is 0. The molecule has 1 atom stereocenters. The molecule has 2 rings (SSSR count). The minimum absolute atomic E-state index is 0.155. The smallest absolute Gasteiger partial charge is 0.416 e. The van der Waals surface area contributed by atoms with Crippen LogP contribution < -0.4 is 5.32 Å². The molecule has 6 heteroatoms. The van der Waals surface area contributed by atoms with Gasteiger partial charge in [-0.3, -0.25) is 0 Å². The fourth-order valence-electron chi connectivity index (χ4n) is 2.20. The molecule has 0 amide bonds. The second kappa shape index (κ2) is 6.23. The Morgan fingerprint density at radius 1 is 1.24 bits per heavy atom. The van der Waals surface area contributed by atoms with Crippen molar-refractivity contribution in [3.05, 3.63) is 57.5 Å². The summed E-state index contributed by atoms with van der Waals surface area (Å²) >= 11 is 3.09. The number of benzene rings is 1. The molecule has 1 heterocycles. The van der Waals surface area contributed by atoms with Gasteiger partial charge >= 0.3 is 6.18 Å². The number of alkyl halides is 3. The lowest BCUT2D eigenvalue weighted by Crippen LogP contribution is -2.24. The molecule has 0 bridgehead atoms. The molecule has 114 valence electrons. The molecule has 0 radical (unpaired) electrons. The van der Waals surface area contributed by atoms with Crippen LogP contribution in [0.1, 0.15) is 35.6 Å². The molecule has 0 fully saturated rings. The predicted octanol–water partition coefficient (Wildman–Crippen LogP) is 5.07. The van der Waals surface area contributed by atoms with Crippen LogP contribution in [0.25, 0.3) is 0 Å². The molecule has 1 aromatic carbocycles. The fourth-order valence-corrected chi connectivity index (χ4v) is 2.56. The average Bonchev–Trinajstić information content (AvgIpc) is 2.82. The number of hydrogen-bond acceptors (Lipinski definition) is 2. The third kappa shape index (κ3) is 3.68. The highest BCUT2D eigenvalue weighted by atomic mass is 79.9. The van der Waals surface area contributed by atoms with E-state index in [0.717, 1.165) is 6.07 Å². The lowest BCUT2D eigenvalue weighted by Gasteiger charge is -2.21. The van der Waals surface area contributed by atoms with E-state index in [2.05, 4.69) is 21.2 Å². The summed E-state index contributed by atoms with van der Waals surface area (Å²) < 4.78 is 45.7. The Morgan fingerprint density at radius 3 is 2.48 bits per heavy atom. The van der Waals surface area contributed by atoms with Crippen molar-refractivity contribution in [3.63, 3.8) is 0 Å². The molecular weight excluding hydrogens is 347 g/mol. The molecule has 21 heavy (non-hydrogen) atoms. The summed E-state index contributed by atoms with van der Waals surface area (Å²) in [5.41, 5.74) is -0.515. The minimum atomic E-state index is -4.42. The zero-order valence-corrected chi connectivity index (χ0v) is 13.2. The van der Waals surface area contributed by atoms with Crippen LogP contribution in [-0.4, -0.2) is 6.54 Å². The number of furan rings is 1. The SMILES string of the molecule is CCNC(c1ccc(C)o1)c1ccc(Br)cc1C(F)(F)F. The maximum absolute atomic E-state index is 13.3. The highest BCUT2D eigenvalue weighted by Gasteiger charge is 2.36. The lowest BCUT2D eigenvalue weighted by molar-refractivity contribution is -0.138. The number of nitrogens with one attached hydrogen (secondary N) is 1. The number of halogens is 4. The van der Waals surface area contributed by atoms with Gasteiger partial charge in [-0.2, -0.15) is 13.2 Å². The Balaban J connectivity index is 2.55. The van der Waals surface area contributed by atoms with E-state index in [1.54, 1.807) is 25.1 Å². The third-order valence-electron chi connectivity index (χ3n) is 3.09. The third-order valence-corrected chi connectivity index (χ3v) is 3.58. The van der Waals surface area contributed by atoms with E-state index >= 15 is 0 Å². The zero-order valence-electron chi connectivity index (χ0n) is 11.6. The van der Waals surface area contributed by atoms with Crippen molar-refractivity contribution >= 4 is 15.9 Å². The Kier molecular flexibility index (Phi) is 4.78. The molecule has 0 aliphatic carbocycles. The summed E-state index contributed by atoms with van der Waals surface area (Å²) in [6, 6.07) is 6.97. The molecule has 1 aromatic heterocycles. The van der Waals surface area contributed by atoms with Crippen LogP contribution in [-0.2, 0) is 6.18 Å². The summed E-state index contributed by atoms with van der Waals surface area (Å²) in [6.07, 6.45) is -4.42. The lowest BCUT2D eigenvalue weighted by atomic mass is 9.98. The van der Waals surface area contributed by atoms with Crippen LogP contribution in [0.4, 0.5) is 13.2 Å². The molecule has 0 saturated carbocycles. The molecule has 2 aromatic rings. The van der Waals surface area contributed by atoms with E-state index in [1.165, 1.54) is 6.07 Å². The van der Waals surface area contributed by atoms with Gasteiger partial charge in [0.15, 0.2) is 0 Å². The Bertz CT molecular complexity index is 622. The summed E-state index contributed by atoms with van der Waals surface area (Å²) in [6.45, 7) is 4.13. The van der Waals surface area contributed by atoms with Crippen molar-refractivity contribution in [1.82, 2.24) is 5.32 Å². The van der Waals surface area contributed by atoms with Crippen LogP contribution in [0.3, 0.4) is 0 Å². The first-order valence-electron chi connectivity index (χ1n) is 6.49. The van der Waals surface area contributed by atoms with Crippen LogP contribution in [0.5, 0.6) is 0 Å². The van der Waals surface area contributed by atoms with E-state index in [0.29, 0.717) is 22.5 Å². The Labute approximate surface area is 129 Å². The van der Waals surface area contributed by atoms with Crippen LogP contribution >= 0.6 is 15.9 Å². The van der Waals surface area contributed by atoms with Gasteiger partial charge < -0.3 is 9.73 Å². The van der Waals surface area contributed by atoms with E-state index < -0.39 is 17.8 Å². The largest absolute Gasteiger partial charge is 0.464 e. The van der Waals surface area contributed by atoms with Crippen molar-refractivity contribution in [2.75, 3.05) is 6.54 Å². The molecule has 0 aliphatic rings. The van der Waals surface area contributed by atoms with Gasteiger partial charge in [-0.05, 0) is 43.3 Å². The number of hydrogen-bond donors (Lipinski definition) is 1. The number of rotatable bonds is 4. The molecule has 2 nitrogen and oxygen atoms in total. The van der Waals surface area contributed by atoms with Crippen LogP contribution in [0.2, 0.25) is 0 Å². The maximum Gasteiger partial charge on any atom is 0.416 e. The van der Waals surface area contributed by atoms with Crippen molar-refractivity contribution in [2.24, 2.45) is 0 Å². The summed E-state index contributed by atoms with van der Waals surface area (Å²) in [7, 11) is 0. The van der Waals surface area contributed by atoms with Crippen molar-refractivity contribution in [3.8, 4) is 0 Å². The standard InChI is InChI=1S/C15H15BrF3NO/c1-3-20-14(13-7-4-9(2)21-13)11-6-5-10(16)8-12(11)15(17,18)19/h4-8,14,20H,3H2,1-2H3. The quantitative estimate of drug-likeness (QED) is 0.822. The molecular formula is C15H15BrF3NO. The highest BCUT2D eigenvalue weighted by molar-refractivity contribution is 9.10. The summed E-state index contributed by atoms with van der Waals surface area (Å²) in [5, 5.41) is 3.05. The Hall–Kier alpha value is -1.27. The maximum atomic E-state index is 13.3. The monoisotopic (exact) mass is 361 g/mol. The first-order valence-corrected chi connectivity index (χ1v) is 7.28. The van der Waals surface area contributed by atoms with Gasteiger partial charge in [-0.15, -0.1) is 0 Å². The topological polar surface area (TPSA) is 25.2 Å². The van der Waals surface area contributed by atoms with Crippen molar-refractivity contribution < 1.29 is 17.6 Å². The first kappa shape index (κ1) is 16.1. The van der Waals surface area contributed by atoms with Gasteiger partial charge in [0, 0.05) is 4.47 Å². The average molecular weight is 362 g/mol. The van der Waals surface area contributed by atoms with E-state index in [1.807, 2.05) is 6.92 Å². The normalized spacial score (nSPS) is 13.4. The predicted molar refractivity (Wildman–Crippen MR) is 78.1 cm³/mol.